The Morgan fingerprint density at radius 2 is 1.84 bits per heavy atom. The number of sulfone groups is 1. The summed E-state index contributed by atoms with van der Waals surface area (Å²) in [6, 6.07) is 0. The van der Waals surface area contributed by atoms with Gasteiger partial charge in [-0.25, -0.2) is 8.42 Å². The zero-order valence-electron chi connectivity index (χ0n) is 16.1. The van der Waals surface area contributed by atoms with Crippen molar-refractivity contribution in [2.24, 2.45) is 10.9 Å². The maximum Gasteiger partial charge on any atom is 0.193 e. The molecule has 0 amide bonds. The van der Waals surface area contributed by atoms with Crippen LogP contribution in [0, 0.1) is 5.92 Å². The molecule has 2 saturated heterocycles. The van der Waals surface area contributed by atoms with Gasteiger partial charge in [-0.2, -0.15) is 0 Å². The highest BCUT2D eigenvalue weighted by Crippen LogP contribution is 2.23. The Bertz CT molecular complexity index is 545. The molecule has 0 radical (unpaired) electrons. The van der Waals surface area contributed by atoms with E-state index >= 15 is 0 Å². The number of rotatable bonds is 4. The van der Waals surface area contributed by atoms with E-state index in [1.807, 2.05) is 0 Å². The Labute approximate surface area is 170 Å². The van der Waals surface area contributed by atoms with Gasteiger partial charge in [-0.1, -0.05) is 13.3 Å². The predicted molar refractivity (Wildman–Crippen MR) is 116 cm³/mol. The zero-order valence-corrected chi connectivity index (χ0v) is 19.3. The molecule has 6 nitrogen and oxygen atoms in total. The maximum atomic E-state index is 12.2. The van der Waals surface area contributed by atoms with Crippen molar-refractivity contribution in [1.82, 2.24) is 15.1 Å². The summed E-state index contributed by atoms with van der Waals surface area (Å²) in [5.74, 6) is 1.56. The highest BCUT2D eigenvalue weighted by molar-refractivity contribution is 14.0. The van der Waals surface area contributed by atoms with Crippen molar-refractivity contribution >= 4 is 39.8 Å². The molecule has 0 saturated carbocycles. The van der Waals surface area contributed by atoms with Gasteiger partial charge in [-0.15, -0.1) is 24.0 Å². The molecule has 2 heterocycles. The fourth-order valence-electron chi connectivity index (χ4n) is 3.57. The van der Waals surface area contributed by atoms with Gasteiger partial charge in [0.2, 0.25) is 0 Å². The van der Waals surface area contributed by atoms with Crippen LogP contribution < -0.4 is 5.32 Å². The number of piperidine rings is 1. The van der Waals surface area contributed by atoms with E-state index in [-0.39, 0.29) is 29.7 Å². The average molecular weight is 486 g/mol. The number of hydrogen-bond acceptors (Lipinski definition) is 4. The summed E-state index contributed by atoms with van der Waals surface area (Å²) >= 11 is 0. The highest BCUT2D eigenvalue weighted by atomic mass is 127. The monoisotopic (exact) mass is 486 g/mol. The highest BCUT2D eigenvalue weighted by Gasteiger charge is 2.40. The number of guanidine groups is 1. The van der Waals surface area contributed by atoms with Crippen LogP contribution in [0.1, 0.15) is 40.0 Å². The van der Waals surface area contributed by atoms with Crippen molar-refractivity contribution < 1.29 is 8.42 Å². The summed E-state index contributed by atoms with van der Waals surface area (Å²) in [6.45, 7) is 11.3. The fourth-order valence-corrected chi connectivity index (χ4v) is 4.94. The molecular formula is C17H35IN4O2S. The van der Waals surface area contributed by atoms with E-state index in [4.69, 9.17) is 0 Å². The molecule has 0 aliphatic carbocycles. The molecule has 25 heavy (non-hydrogen) atoms. The van der Waals surface area contributed by atoms with Gasteiger partial charge < -0.3 is 15.1 Å². The van der Waals surface area contributed by atoms with Gasteiger partial charge in [0.25, 0.3) is 0 Å². The van der Waals surface area contributed by atoms with Crippen molar-refractivity contribution in [3.8, 4) is 0 Å². The Balaban J connectivity index is 0.00000312. The SMILES string of the molecule is CN=C(NCC(C)CN1CCCCC1)N1CCS(=O)(=O)C(C)(C)C1.I. The summed E-state index contributed by atoms with van der Waals surface area (Å²) in [6.07, 6.45) is 4.00. The van der Waals surface area contributed by atoms with Crippen LogP contribution in [0.2, 0.25) is 0 Å². The molecule has 0 bridgehead atoms. The molecule has 0 aromatic rings. The maximum absolute atomic E-state index is 12.2. The topological polar surface area (TPSA) is 65.0 Å². The van der Waals surface area contributed by atoms with Crippen molar-refractivity contribution in [2.75, 3.05) is 52.1 Å². The number of aliphatic imine (C=N–C) groups is 1. The lowest BCUT2D eigenvalue weighted by molar-refractivity contribution is 0.200. The smallest absolute Gasteiger partial charge is 0.193 e. The first-order valence-corrected chi connectivity index (χ1v) is 10.8. The molecule has 1 N–H and O–H groups in total. The molecule has 2 aliphatic heterocycles. The fraction of sp³-hybridized carbons (Fsp3) is 0.941. The molecular weight excluding hydrogens is 451 g/mol. The lowest BCUT2D eigenvalue weighted by Gasteiger charge is -2.39. The quantitative estimate of drug-likeness (QED) is 0.373. The van der Waals surface area contributed by atoms with E-state index < -0.39 is 14.6 Å². The van der Waals surface area contributed by atoms with Crippen molar-refractivity contribution in [1.29, 1.82) is 0 Å². The third-order valence-corrected chi connectivity index (χ3v) is 7.71. The van der Waals surface area contributed by atoms with Crippen LogP contribution in [-0.2, 0) is 9.84 Å². The van der Waals surface area contributed by atoms with E-state index in [9.17, 15) is 8.42 Å². The first-order chi connectivity index (χ1) is 11.2. The zero-order chi connectivity index (χ0) is 17.8. The Hall–Kier alpha value is -0.0900. The van der Waals surface area contributed by atoms with Crippen LogP contribution in [0.4, 0.5) is 0 Å². The molecule has 1 atom stereocenters. The summed E-state index contributed by atoms with van der Waals surface area (Å²) in [7, 11) is -1.25. The van der Waals surface area contributed by atoms with Crippen molar-refractivity contribution in [2.45, 2.75) is 44.8 Å². The minimum absolute atomic E-state index is 0. The molecule has 2 aliphatic rings. The van der Waals surface area contributed by atoms with E-state index in [1.165, 1.54) is 32.4 Å². The second kappa shape index (κ2) is 9.73. The lowest BCUT2D eigenvalue weighted by atomic mass is 10.1. The van der Waals surface area contributed by atoms with E-state index in [0.29, 0.717) is 19.0 Å². The van der Waals surface area contributed by atoms with Crippen LogP contribution in [0.3, 0.4) is 0 Å². The third-order valence-electron chi connectivity index (χ3n) is 5.18. The normalized spacial score (nSPS) is 25.1. The summed E-state index contributed by atoms with van der Waals surface area (Å²) in [5.41, 5.74) is 0. The standard InChI is InChI=1S/C17H34N4O2S.HI/c1-15(13-20-8-6-5-7-9-20)12-19-16(18-4)21-10-11-24(22,23)17(2,3)14-21;/h15H,5-14H2,1-4H3,(H,18,19);1H. The molecule has 0 aromatic heterocycles. The second-order valence-corrected chi connectivity index (χ2v) is 10.6. The number of likely N-dealkylation sites (tertiary alicyclic amines) is 1. The molecule has 0 aromatic carbocycles. The Kier molecular flexibility index (Phi) is 8.93. The summed E-state index contributed by atoms with van der Waals surface area (Å²) in [4.78, 5) is 9.00. The largest absolute Gasteiger partial charge is 0.356 e. The van der Waals surface area contributed by atoms with Gasteiger partial charge in [-0.3, -0.25) is 4.99 Å². The lowest BCUT2D eigenvalue weighted by Crippen LogP contribution is -2.57. The van der Waals surface area contributed by atoms with E-state index in [1.54, 1.807) is 20.9 Å². The molecule has 1 unspecified atom stereocenters. The van der Waals surface area contributed by atoms with Crippen LogP contribution in [0.15, 0.2) is 4.99 Å². The number of nitrogens with one attached hydrogen (secondary N) is 1. The van der Waals surface area contributed by atoms with E-state index in [0.717, 1.165) is 19.0 Å². The van der Waals surface area contributed by atoms with Crippen molar-refractivity contribution in [3.63, 3.8) is 0 Å². The van der Waals surface area contributed by atoms with Gasteiger partial charge in [0.15, 0.2) is 15.8 Å². The molecule has 2 rings (SSSR count). The Morgan fingerprint density at radius 3 is 2.40 bits per heavy atom. The van der Waals surface area contributed by atoms with Crippen LogP contribution in [0.5, 0.6) is 0 Å². The molecule has 148 valence electrons. The number of nitrogens with zero attached hydrogens (tertiary/aromatic N) is 3. The summed E-state index contributed by atoms with van der Waals surface area (Å²) < 4.78 is 23.6. The van der Waals surface area contributed by atoms with Crippen molar-refractivity contribution in [3.05, 3.63) is 0 Å². The average Bonchev–Trinajstić information content (AvgIpc) is 2.52. The second-order valence-electron chi connectivity index (χ2n) is 7.89. The molecule has 0 spiro atoms. The first kappa shape index (κ1) is 23.0. The Morgan fingerprint density at radius 1 is 1.20 bits per heavy atom. The predicted octanol–water partition coefficient (Wildman–Crippen LogP) is 1.81. The first-order valence-electron chi connectivity index (χ1n) is 9.15. The molecule has 8 heteroatoms. The van der Waals surface area contributed by atoms with Gasteiger partial charge in [0.1, 0.15) is 0 Å². The van der Waals surface area contributed by atoms with Gasteiger partial charge >= 0.3 is 0 Å². The summed E-state index contributed by atoms with van der Waals surface area (Å²) in [5, 5.41) is 3.45. The van der Waals surface area contributed by atoms with Crippen LogP contribution in [0.25, 0.3) is 0 Å². The van der Waals surface area contributed by atoms with E-state index in [2.05, 4.69) is 27.0 Å². The van der Waals surface area contributed by atoms with Gasteiger partial charge in [-0.05, 0) is 45.7 Å². The third kappa shape index (κ3) is 6.23. The van der Waals surface area contributed by atoms with Gasteiger partial charge in [0, 0.05) is 33.2 Å². The molecule has 2 fully saturated rings. The van der Waals surface area contributed by atoms with Crippen LogP contribution >= 0.6 is 24.0 Å². The number of hydrogen-bond donors (Lipinski definition) is 1. The minimum atomic E-state index is -3.02. The minimum Gasteiger partial charge on any atom is -0.356 e. The number of halogens is 1. The van der Waals surface area contributed by atoms with Gasteiger partial charge in [0.05, 0.1) is 10.5 Å². The van der Waals surface area contributed by atoms with Crippen LogP contribution in [-0.4, -0.2) is 81.0 Å².